The topological polar surface area (TPSA) is 36.4 Å². The molecule has 110 valence electrons. The third-order valence-electron chi connectivity index (χ3n) is 3.32. The van der Waals surface area contributed by atoms with Crippen molar-refractivity contribution in [2.45, 2.75) is 26.7 Å². The van der Waals surface area contributed by atoms with E-state index in [-0.39, 0.29) is 0 Å². The number of benzene rings is 2. The van der Waals surface area contributed by atoms with Gasteiger partial charge in [-0.2, -0.15) is 5.10 Å². The number of thiocarbonyl (C=S) groups is 1. The van der Waals surface area contributed by atoms with E-state index in [0.29, 0.717) is 5.11 Å². The van der Waals surface area contributed by atoms with E-state index >= 15 is 0 Å². The highest BCUT2D eigenvalue weighted by molar-refractivity contribution is 7.80. The second kappa shape index (κ2) is 7.74. The molecule has 0 unspecified atom stereocenters. The molecule has 2 N–H and O–H groups in total. The Bertz CT molecular complexity index is 644. The first-order valence-electron chi connectivity index (χ1n) is 7.28. The van der Waals surface area contributed by atoms with Gasteiger partial charge in [-0.25, -0.2) is 0 Å². The lowest BCUT2D eigenvalue weighted by Gasteiger charge is -2.09. The van der Waals surface area contributed by atoms with Crippen LogP contribution in [-0.4, -0.2) is 17.4 Å². The Hall–Kier alpha value is -1.94. The molecule has 2 aromatic rings. The van der Waals surface area contributed by atoms with Gasteiger partial charge >= 0.3 is 0 Å². The zero-order valence-corrected chi connectivity index (χ0v) is 13.3. The van der Waals surface area contributed by atoms with Crippen molar-refractivity contribution < 1.29 is 0 Å². The SMILES string of the molecule is CCCCNC(=S)N/N=C(\C)c1cccc2ccccc12. The molecular formula is C17H21N3S. The van der Waals surface area contributed by atoms with Crippen LogP contribution in [0.15, 0.2) is 47.6 Å². The van der Waals surface area contributed by atoms with Crippen LogP contribution in [0.4, 0.5) is 0 Å². The van der Waals surface area contributed by atoms with Gasteiger partial charge in [0.1, 0.15) is 0 Å². The molecule has 0 bridgehead atoms. The zero-order chi connectivity index (χ0) is 15.1. The molecule has 0 aliphatic carbocycles. The van der Waals surface area contributed by atoms with Crippen molar-refractivity contribution in [3.63, 3.8) is 0 Å². The molecule has 0 amide bonds. The maximum Gasteiger partial charge on any atom is 0.186 e. The summed E-state index contributed by atoms with van der Waals surface area (Å²) in [5.74, 6) is 0. The normalized spacial score (nSPS) is 11.4. The van der Waals surface area contributed by atoms with Crippen molar-refractivity contribution in [3.8, 4) is 0 Å². The molecule has 0 saturated carbocycles. The van der Waals surface area contributed by atoms with Crippen LogP contribution in [0.3, 0.4) is 0 Å². The number of rotatable bonds is 5. The minimum atomic E-state index is 0.572. The molecule has 0 fully saturated rings. The Labute approximate surface area is 131 Å². The number of nitrogens with one attached hydrogen (secondary N) is 2. The second-order valence-corrected chi connectivity index (χ2v) is 5.35. The van der Waals surface area contributed by atoms with E-state index in [1.165, 1.54) is 10.8 Å². The number of hydrazone groups is 1. The van der Waals surface area contributed by atoms with E-state index in [1.54, 1.807) is 0 Å². The number of unbranched alkanes of at least 4 members (excludes halogenated alkanes) is 1. The van der Waals surface area contributed by atoms with E-state index in [2.05, 4.69) is 53.1 Å². The van der Waals surface area contributed by atoms with Crippen molar-refractivity contribution in [2.24, 2.45) is 5.10 Å². The largest absolute Gasteiger partial charge is 0.361 e. The molecule has 0 atom stereocenters. The van der Waals surface area contributed by atoms with Crippen LogP contribution in [0, 0.1) is 0 Å². The van der Waals surface area contributed by atoms with Crippen molar-refractivity contribution >= 4 is 33.8 Å². The van der Waals surface area contributed by atoms with Gasteiger partial charge in [-0.15, -0.1) is 0 Å². The maximum absolute atomic E-state index is 5.20. The van der Waals surface area contributed by atoms with Crippen molar-refractivity contribution in [1.82, 2.24) is 10.7 Å². The van der Waals surface area contributed by atoms with Gasteiger partial charge in [0.05, 0.1) is 5.71 Å². The van der Waals surface area contributed by atoms with E-state index in [0.717, 1.165) is 30.7 Å². The summed E-state index contributed by atoms with van der Waals surface area (Å²) in [6.07, 6.45) is 2.25. The fraction of sp³-hybridized carbons (Fsp3) is 0.294. The summed E-state index contributed by atoms with van der Waals surface area (Å²) in [6, 6.07) is 14.5. The number of hydrogen-bond donors (Lipinski definition) is 2. The number of hydrogen-bond acceptors (Lipinski definition) is 2. The molecule has 2 aromatic carbocycles. The molecule has 0 aliphatic rings. The molecular weight excluding hydrogens is 278 g/mol. The van der Waals surface area contributed by atoms with Gasteiger partial charge in [0.15, 0.2) is 5.11 Å². The monoisotopic (exact) mass is 299 g/mol. The average molecular weight is 299 g/mol. The summed E-state index contributed by atoms with van der Waals surface area (Å²) in [6.45, 7) is 5.02. The molecule has 4 heteroatoms. The van der Waals surface area contributed by atoms with E-state index in [9.17, 15) is 0 Å². The lowest BCUT2D eigenvalue weighted by Crippen LogP contribution is -2.33. The zero-order valence-electron chi connectivity index (χ0n) is 12.5. The fourth-order valence-corrected chi connectivity index (χ4v) is 2.30. The first kappa shape index (κ1) is 15.4. The summed E-state index contributed by atoms with van der Waals surface area (Å²) < 4.78 is 0. The molecule has 2 rings (SSSR count). The molecule has 0 radical (unpaired) electrons. The van der Waals surface area contributed by atoms with Crippen LogP contribution in [-0.2, 0) is 0 Å². The van der Waals surface area contributed by atoms with Crippen LogP contribution >= 0.6 is 12.2 Å². The molecule has 0 heterocycles. The Morgan fingerprint density at radius 3 is 2.71 bits per heavy atom. The van der Waals surface area contributed by atoms with Gasteiger partial charge in [-0.05, 0) is 36.3 Å². The third-order valence-corrected chi connectivity index (χ3v) is 3.56. The average Bonchev–Trinajstić information content (AvgIpc) is 2.52. The highest BCUT2D eigenvalue weighted by atomic mass is 32.1. The van der Waals surface area contributed by atoms with Crippen LogP contribution in [0.25, 0.3) is 10.8 Å². The minimum Gasteiger partial charge on any atom is -0.361 e. The first-order chi connectivity index (χ1) is 10.2. The minimum absolute atomic E-state index is 0.572. The number of nitrogens with zero attached hydrogens (tertiary/aromatic N) is 1. The Balaban J connectivity index is 2.09. The summed E-state index contributed by atoms with van der Waals surface area (Å²) in [7, 11) is 0. The van der Waals surface area contributed by atoms with Crippen LogP contribution in [0.1, 0.15) is 32.3 Å². The van der Waals surface area contributed by atoms with Crippen LogP contribution in [0.5, 0.6) is 0 Å². The van der Waals surface area contributed by atoms with Crippen LogP contribution in [0.2, 0.25) is 0 Å². The van der Waals surface area contributed by atoms with Gasteiger partial charge < -0.3 is 5.32 Å². The smallest absolute Gasteiger partial charge is 0.186 e. The standard InChI is InChI=1S/C17H21N3S/c1-3-4-12-18-17(21)20-19-13(2)15-11-7-9-14-8-5-6-10-16(14)15/h5-11H,3-4,12H2,1-2H3,(H2,18,20,21)/b19-13+. The second-order valence-electron chi connectivity index (χ2n) is 4.95. The first-order valence-corrected chi connectivity index (χ1v) is 7.69. The summed E-state index contributed by atoms with van der Waals surface area (Å²) in [5, 5.41) is 10.5. The number of fused-ring (bicyclic) bond motifs is 1. The van der Waals surface area contributed by atoms with Gasteiger partial charge in [0.2, 0.25) is 0 Å². The van der Waals surface area contributed by atoms with Gasteiger partial charge in [0.25, 0.3) is 0 Å². The van der Waals surface area contributed by atoms with Crippen molar-refractivity contribution in [3.05, 3.63) is 48.0 Å². The van der Waals surface area contributed by atoms with E-state index in [1.807, 2.05) is 19.1 Å². The maximum atomic E-state index is 5.20. The molecule has 21 heavy (non-hydrogen) atoms. The summed E-state index contributed by atoms with van der Waals surface area (Å²) in [4.78, 5) is 0. The Kier molecular flexibility index (Phi) is 5.69. The highest BCUT2D eigenvalue weighted by Gasteiger charge is 2.03. The summed E-state index contributed by atoms with van der Waals surface area (Å²) >= 11 is 5.20. The highest BCUT2D eigenvalue weighted by Crippen LogP contribution is 2.18. The van der Waals surface area contributed by atoms with Crippen LogP contribution < -0.4 is 10.7 Å². The van der Waals surface area contributed by atoms with E-state index < -0.39 is 0 Å². The Morgan fingerprint density at radius 1 is 1.14 bits per heavy atom. The van der Waals surface area contributed by atoms with Gasteiger partial charge in [0, 0.05) is 12.1 Å². The van der Waals surface area contributed by atoms with E-state index in [4.69, 9.17) is 12.2 Å². The predicted molar refractivity (Wildman–Crippen MR) is 94.8 cm³/mol. The van der Waals surface area contributed by atoms with Crippen molar-refractivity contribution in [2.75, 3.05) is 6.54 Å². The van der Waals surface area contributed by atoms with Crippen molar-refractivity contribution in [1.29, 1.82) is 0 Å². The van der Waals surface area contributed by atoms with Gasteiger partial charge in [-0.3, -0.25) is 5.43 Å². The molecule has 0 spiro atoms. The molecule has 0 aromatic heterocycles. The molecule has 3 nitrogen and oxygen atoms in total. The molecule has 0 aliphatic heterocycles. The Morgan fingerprint density at radius 2 is 1.90 bits per heavy atom. The summed E-state index contributed by atoms with van der Waals surface area (Å²) in [5.41, 5.74) is 4.96. The predicted octanol–water partition coefficient (Wildman–Crippen LogP) is 3.83. The lowest BCUT2D eigenvalue weighted by molar-refractivity contribution is 0.745. The fourth-order valence-electron chi connectivity index (χ4n) is 2.15. The lowest BCUT2D eigenvalue weighted by atomic mass is 10.0. The van der Waals surface area contributed by atoms with Gasteiger partial charge in [-0.1, -0.05) is 55.8 Å². The quantitative estimate of drug-likeness (QED) is 0.381. The third kappa shape index (κ3) is 4.26. The molecule has 0 saturated heterocycles.